The fourth-order valence-corrected chi connectivity index (χ4v) is 9.19. The molecule has 5 aromatic carbocycles. The first-order valence-electron chi connectivity index (χ1n) is 14.3. The molecule has 41 heavy (non-hydrogen) atoms. The second-order valence-electron chi connectivity index (χ2n) is 10.7. The van der Waals surface area contributed by atoms with E-state index in [0.717, 1.165) is 13.1 Å². The van der Waals surface area contributed by atoms with Crippen molar-refractivity contribution in [3.05, 3.63) is 162 Å². The zero-order valence-corrected chi connectivity index (χ0v) is 24.4. The van der Waals surface area contributed by atoms with Crippen molar-refractivity contribution < 1.29 is 0 Å². The van der Waals surface area contributed by atoms with E-state index < -0.39 is 7.92 Å². The summed E-state index contributed by atoms with van der Waals surface area (Å²) in [5, 5.41) is 4.05. The van der Waals surface area contributed by atoms with E-state index in [2.05, 4.69) is 163 Å². The number of aryl methyl sites for hydroxylation is 2. The predicted molar refractivity (Wildman–Crippen MR) is 177 cm³/mol. The molecule has 0 aliphatic heterocycles. The van der Waals surface area contributed by atoms with Gasteiger partial charge in [0, 0.05) is 42.8 Å². The summed E-state index contributed by atoms with van der Waals surface area (Å²) in [5.41, 5.74) is 10.8. The molecule has 0 saturated carbocycles. The summed E-state index contributed by atoms with van der Waals surface area (Å²) in [6, 6.07) is 50.9. The van der Waals surface area contributed by atoms with E-state index >= 15 is 0 Å². The first-order valence-corrected chi connectivity index (χ1v) is 15.6. The number of para-hydroxylation sites is 2. The Hall–Kier alpha value is -4.39. The van der Waals surface area contributed by atoms with Crippen molar-refractivity contribution >= 4 is 45.9 Å². The SMILES string of the molecule is Cc1c(P(c2ccccc2)c2c(C)c3ccccc3n2Cc2ccccc2)n(Cc2ccccc2)c2ccccc12. The Balaban J connectivity index is 1.55. The van der Waals surface area contributed by atoms with Crippen LogP contribution in [0, 0.1) is 13.8 Å². The Bertz CT molecular complexity index is 1830. The molecule has 3 heteroatoms. The highest BCUT2D eigenvalue weighted by Crippen LogP contribution is 2.41. The highest BCUT2D eigenvalue weighted by atomic mass is 31.1. The lowest BCUT2D eigenvalue weighted by molar-refractivity contribution is 0.852. The van der Waals surface area contributed by atoms with Crippen LogP contribution in [0.5, 0.6) is 0 Å². The van der Waals surface area contributed by atoms with Gasteiger partial charge in [0.2, 0.25) is 0 Å². The average Bonchev–Trinajstić information content (AvgIpc) is 3.46. The molecule has 0 bridgehead atoms. The number of hydrogen-bond donors (Lipinski definition) is 0. The van der Waals surface area contributed by atoms with E-state index in [4.69, 9.17) is 0 Å². The Morgan fingerprint density at radius 2 is 0.805 bits per heavy atom. The van der Waals surface area contributed by atoms with Crippen LogP contribution in [-0.4, -0.2) is 9.13 Å². The second kappa shape index (κ2) is 10.9. The van der Waals surface area contributed by atoms with Gasteiger partial charge in [0.25, 0.3) is 0 Å². The molecule has 2 nitrogen and oxygen atoms in total. The van der Waals surface area contributed by atoms with Crippen molar-refractivity contribution in [2.75, 3.05) is 0 Å². The molecule has 0 amide bonds. The smallest absolute Gasteiger partial charge is 0.0560 e. The van der Waals surface area contributed by atoms with E-state index in [1.165, 1.54) is 60.2 Å². The van der Waals surface area contributed by atoms with Crippen LogP contribution in [0.2, 0.25) is 0 Å². The molecule has 0 aliphatic carbocycles. The fourth-order valence-electron chi connectivity index (χ4n) is 6.28. The van der Waals surface area contributed by atoms with Crippen molar-refractivity contribution in [1.29, 1.82) is 0 Å². The molecule has 0 spiro atoms. The molecule has 0 unspecified atom stereocenters. The molecule has 7 rings (SSSR count). The van der Waals surface area contributed by atoms with E-state index in [1.54, 1.807) is 0 Å². The number of hydrogen-bond acceptors (Lipinski definition) is 0. The lowest BCUT2D eigenvalue weighted by Gasteiger charge is -2.25. The highest BCUT2D eigenvalue weighted by molar-refractivity contribution is 7.79. The third-order valence-electron chi connectivity index (χ3n) is 8.18. The molecule has 200 valence electrons. The van der Waals surface area contributed by atoms with E-state index in [-0.39, 0.29) is 0 Å². The summed E-state index contributed by atoms with van der Waals surface area (Å²) in [6.07, 6.45) is 0. The first kappa shape index (κ1) is 25.6. The van der Waals surface area contributed by atoms with Gasteiger partial charge in [-0.2, -0.15) is 0 Å². The van der Waals surface area contributed by atoms with Gasteiger partial charge in [0.15, 0.2) is 0 Å². The summed E-state index contributed by atoms with van der Waals surface area (Å²) in [4.78, 5) is 0. The molecule has 7 aromatic rings. The zero-order valence-electron chi connectivity index (χ0n) is 23.5. The molecular formula is C38H33N2P. The standard InChI is InChI=1S/C38H33N2P/c1-28-33-22-12-14-24-35(33)39(26-30-16-6-3-7-17-30)37(28)41(32-20-10-5-11-21-32)38-29(2)34-23-13-15-25-36(34)40(38)27-31-18-8-4-9-19-31/h3-25H,26-27H2,1-2H3. The topological polar surface area (TPSA) is 9.86 Å². The van der Waals surface area contributed by atoms with E-state index in [1.807, 2.05) is 0 Å². The zero-order chi connectivity index (χ0) is 27.8. The molecule has 0 fully saturated rings. The van der Waals surface area contributed by atoms with Crippen molar-refractivity contribution in [2.45, 2.75) is 26.9 Å². The molecular weight excluding hydrogens is 515 g/mol. The van der Waals surface area contributed by atoms with Gasteiger partial charge >= 0.3 is 0 Å². The minimum atomic E-state index is -0.889. The van der Waals surface area contributed by atoms with Gasteiger partial charge < -0.3 is 9.13 Å². The monoisotopic (exact) mass is 548 g/mol. The van der Waals surface area contributed by atoms with Gasteiger partial charge in [-0.25, -0.2) is 0 Å². The van der Waals surface area contributed by atoms with Crippen LogP contribution in [0.4, 0.5) is 0 Å². The lowest BCUT2D eigenvalue weighted by atomic mass is 10.2. The maximum Gasteiger partial charge on any atom is 0.0560 e. The third kappa shape index (κ3) is 4.59. The maximum atomic E-state index is 2.60. The third-order valence-corrected chi connectivity index (χ3v) is 11.0. The maximum absolute atomic E-state index is 2.60. The molecule has 2 heterocycles. The Morgan fingerprint density at radius 1 is 0.439 bits per heavy atom. The number of nitrogens with zero attached hydrogens (tertiary/aromatic N) is 2. The number of rotatable bonds is 7. The van der Waals surface area contributed by atoms with Crippen molar-refractivity contribution in [3.8, 4) is 0 Å². The van der Waals surface area contributed by atoms with Crippen molar-refractivity contribution in [3.63, 3.8) is 0 Å². The highest BCUT2D eigenvalue weighted by Gasteiger charge is 2.30. The summed E-state index contributed by atoms with van der Waals surface area (Å²) < 4.78 is 5.20. The van der Waals surface area contributed by atoms with Gasteiger partial charge in [-0.3, -0.25) is 0 Å². The largest absolute Gasteiger partial charge is 0.335 e. The van der Waals surface area contributed by atoms with Gasteiger partial charge in [0.1, 0.15) is 0 Å². The average molecular weight is 549 g/mol. The molecule has 0 radical (unpaired) electrons. The molecule has 2 aromatic heterocycles. The predicted octanol–water partition coefficient (Wildman–Crippen LogP) is 8.07. The summed E-state index contributed by atoms with van der Waals surface area (Å²) in [7, 11) is -0.889. The number of benzene rings is 5. The van der Waals surface area contributed by atoms with Crippen LogP contribution in [0.25, 0.3) is 21.8 Å². The van der Waals surface area contributed by atoms with E-state index in [9.17, 15) is 0 Å². The summed E-state index contributed by atoms with van der Waals surface area (Å²) in [5.74, 6) is 0. The molecule has 0 aliphatic rings. The van der Waals surface area contributed by atoms with Crippen molar-refractivity contribution in [2.24, 2.45) is 0 Å². The quantitative estimate of drug-likeness (QED) is 0.178. The summed E-state index contributed by atoms with van der Waals surface area (Å²) >= 11 is 0. The lowest BCUT2D eigenvalue weighted by Crippen LogP contribution is -2.32. The minimum absolute atomic E-state index is 0.841. The Morgan fingerprint density at radius 3 is 1.24 bits per heavy atom. The van der Waals surface area contributed by atoms with Crippen LogP contribution < -0.4 is 16.2 Å². The van der Waals surface area contributed by atoms with Crippen LogP contribution in [0.3, 0.4) is 0 Å². The van der Waals surface area contributed by atoms with Gasteiger partial charge in [-0.15, -0.1) is 0 Å². The molecule has 0 N–H and O–H groups in total. The van der Waals surface area contributed by atoms with Crippen molar-refractivity contribution in [1.82, 2.24) is 9.13 Å². The molecule has 0 atom stereocenters. The van der Waals surface area contributed by atoms with Gasteiger partial charge in [0.05, 0.1) is 10.9 Å². The minimum Gasteiger partial charge on any atom is -0.335 e. The second-order valence-corrected chi connectivity index (χ2v) is 12.8. The fraction of sp³-hybridized carbons (Fsp3) is 0.105. The van der Waals surface area contributed by atoms with Gasteiger partial charge in [-0.05, 0) is 53.5 Å². The normalized spacial score (nSPS) is 11.6. The van der Waals surface area contributed by atoms with E-state index in [0.29, 0.717) is 0 Å². The number of fused-ring (bicyclic) bond motifs is 2. The Kier molecular flexibility index (Phi) is 6.79. The number of aromatic nitrogens is 2. The van der Waals surface area contributed by atoms with Crippen LogP contribution >= 0.6 is 7.92 Å². The van der Waals surface area contributed by atoms with Crippen LogP contribution in [-0.2, 0) is 13.1 Å². The van der Waals surface area contributed by atoms with Crippen LogP contribution in [0.1, 0.15) is 22.3 Å². The Labute approximate surface area is 243 Å². The van der Waals surface area contributed by atoms with Gasteiger partial charge in [-0.1, -0.05) is 127 Å². The van der Waals surface area contributed by atoms with Crippen LogP contribution in [0.15, 0.2) is 140 Å². The first-order chi connectivity index (χ1) is 20.2. The molecule has 0 saturated heterocycles. The summed E-state index contributed by atoms with van der Waals surface area (Å²) in [6.45, 7) is 6.34.